The van der Waals surface area contributed by atoms with Crippen molar-refractivity contribution in [1.29, 1.82) is 0 Å². The number of nitrogens with zero attached hydrogens (tertiary/aromatic N) is 1. The van der Waals surface area contributed by atoms with Gasteiger partial charge in [0, 0.05) is 7.26 Å². The molecule has 0 aromatic carbocycles. The zero-order chi connectivity index (χ0) is 15.7. The highest BCUT2D eigenvalue weighted by molar-refractivity contribution is 7.75. The second-order valence-electron chi connectivity index (χ2n) is 6.91. The molecule has 3 heteroatoms. The van der Waals surface area contributed by atoms with Crippen LogP contribution in [0.2, 0.25) is 0 Å². The lowest BCUT2D eigenvalue weighted by Gasteiger charge is -2.31. The smallest absolute Gasteiger partial charge is 0.136 e. The lowest BCUT2D eigenvalue weighted by molar-refractivity contribution is 0.0805. The number of hydrogen-bond acceptors (Lipinski definition) is 2. The van der Waals surface area contributed by atoms with Crippen LogP contribution >= 0.6 is 7.26 Å². The fraction of sp³-hybridized carbons (Fsp3) is 0.944. The molecule has 0 saturated carbocycles. The van der Waals surface area contributed by atoms with Gasteiger partial charge < -0.3 is 4.84 Å². The Labute approximate surface area is 133 Å². The van der Waals surface area contributed by atoms with E-state index in [-0.39, 0.29) is 0 Å². The van der Waals surface area contributed by atoms with Crippen molar-refractivity contribution >= 4 is 13.0 Å². The van der Waals surface area contributed by atoms with Gasteiger partial charge in [0.1, 0.15) is 6.10 Å². The van der Waals surface area contributed by atoms with E-state index < -0.39 is 7.26 Å². The van der Waals surface area contributed by atoms with Gasteiger partial charge in [-0.3, -0.25) is 0 Å². The molecular formula is C18H37NOP+. The van der Waals surface area contributed by atoms with Crippen LogP contribution in [0, 0.1) is 5.92 Å². The van der Waals surface area contributed by atoms with Crippen molar-refractivity contribution in [2.75, 3.05) is 24.6 Å². The fourth-order valence-electron chi connectivity index (χ4n) is 3.43. The van der Waals surface area contributed by atoms with E-state index in [0.29, 0.717) is 12.0 Å². The van der Waals surface area contributed by atoms with E-state index >= 15 is 0 Å². The van der Waals surface area contributed by atoms with E-state index in [4.69, 9.17) is 4.84 Å². The van der Waals surface area contributed by atoms with Crippen LogP contribution in [-0.2, 0) is 4.84 Å². The molecule has 1 rings (SSSR count). The van der Waals surface area contributed by atoms with E-state index in [1.54, 1.807) is 0 Å². The Morgan fingerprint density at radius 2 is 1.43 bits per heavy atom. The standard InChI is InChI=1S/C18H37NOP/c1-6-9-12-21(13-10-7-2,14-11-8-3)15-18-16(4)19-20-17(18)5/h17-18H,6-15H2,1-5H3/q+1/t17-,18+/m0/s1. The summed E-state index contributed by atoms with van der Waals surface area (Å²) in [6.07, 6.45) is 14.5. The number of rotatable bonds is 11. The molecule has 0 saturated heterocycles. The van der Waals surface area contributed by atoms with Crippen LogP contribution in [0.25, 0.3) is 0 Å². The maximum atomic E-state index is 5.54. The van der Waals surface area contributed by atoms with Crippen LogP contribution < -0.4 is 0 Å². The van der Waals surface area contributed by atoms with Gasteiger partial charge in [0.2, 0.25) is 0 Å². The van der Waals surface area contributed by atoms with Crippen molar-refractivity contribution in [3.05, 3.63) is 0 Å². The van der Waals surface area contributed by atoms with Crippen molar-refractivity contribution < 1.29 is 4.84 Å². The molecule has 0 aromatic rings. The minimum atomic E-state index is -0.830. The minimum Gasteiger partial charge on any atom is -0.392 e. The summed E-state index contributed by atoms with van der Waals surface area (Å²) in [6.45, 7) is 11.4. The SMILES string of the molecule is CCCC[P+](CCCC)(CCCC)C[C@@H]1C(C)=NO[C@H]1C. The fourth-order valence-corrected chi connectivity index (χ4v) is 9.01. The molecule has 0 radical (unpaired) electrons. The normalized spacial score (nSPS) is 22.2. The molecule has 0 amide bonds. The van der Waals surface area contributed by atoms with E-state index in [2.05, 4.69) is 39.8 Å². The summed E-state index contributed by atoms with van der Waals surface area (Å²) in [5.74, 6) is 0.587. The molecule has 2 atom stereocenters. The van der Waals surface area contributed by atoms with E-state index in [0.717, 1.165) is 0 Å². The van der Waals surface area contributed by atoms with Gasteiger partial charge in [-0.25, -0.2) is 0 Å². The molecule has 0 aromatic heterocycles. The van der Waals surface area contributed by atoms with Gasteiger partial charge in [0.25, 0.3) is 0 Å². The lowest BCUT2D eigenvalue weighted by atomic mass is 10.0. The van der Waals surface area contributed by atoms with Crippen molar-refractivity contribution in [3.8, 4) is 0 Å². The first-order chi connectivity index (χ1) is 10.1. The van der Waals surface area contributed by atoms with Gasteiger partial charge in [-0.2, -0.15) is 0 Å². The monoisotopic (exact) mass is 314 g/mol. The van der Waals surface area contributed by atoms with Crippen molar-refractivity contribution in [1.82, 2.24) is 0 Å². The third-order valence-electron chi connectivity index (χ3n) is 5.01. The van der Waals surface area contributed by atoms with Crippen molar-refractivity contribution in [3.63, 3.8) is 0 Å². The van der Waals surface area contributed by atoms with Gasteiger partial charge in [-0.05, 0) is 33.1 Å². The Morgan fingerprint density at radius 3 is 1.76 bits per heavy atom. The average Bonchev–Trinajstić information content (AvgIpc) is 2.80. The molecule has 0 unspecified atom stereocenters. The molecule has 0 aliphatic carbocycles. The van der Waals surface area contributed by atoms with E-state index in [9.17, 15) is 0 Å². The molecule has 21 heavy (non-hydrogen) atoms. The second kappa shape index (κ2) is 9.82. The first-order valence-electron chi connectivity index (χ1n) is 9.14. The van der Waals surface area contributed by atoms with Crippen LogP contribution in [0.4, 0.5) is 0 Å². The maximum absolute atomic E-state index is 5.54. The highest BCUT2D eigenvalue weighted by Crippen LogP contribution is 2.62. The molecule has 1 aliphatic rings. The molecule has 0 bridgehead atoms. The Bertz CT molecular complexity index is 295. The Kier molecular flexibility index (Phi) is 8.86. The third-order valence-corrected chi connectivity index (χ3v) is 9.97. The predicted molar refractivity (Wildman–Crippen MR) is 98.3 cm³/mol. The number of hydrogen-bond donors (Lipinski definition) is 0. The Balaban J connectivity index is 2.81. The maximum Gasteiger partial charge on any atom is 0.136 e. The largest absolute Gasteiger partial charge is 0.392 e. The Hall–Kier alpha value is -0.100. The minimum absolute atomic E-state index is 0.300. The molecule has 124 valence electrons. The van der Waals surface area contributed by atoms with Crippen LogP contribution in [-0.4, -0.2) is 36.5 Å². The predicted octanol–water partition coefficient (Wildman–Crippen LogP) is 5.82. The van der Waals surface area contributed by atoms with Gasteiger partial charge in [0.15, 0.2) is 0 Å². The Morgan fingerprint density at radius 1 is 0.952 bits per heavy atom. The van der Waals surface area contributed by atoms with E-state index in [1.165, 1.54) is 68.9 Å². The van der Waals surface area contributed by atoms with Gasteiger partial charge >= 0.3 is 0 Å². The van der Waals surface area contributed by atoms with E-state index in [1.807, 2.05) is 0 Å². The van der Waals surface area contributed by atoms with Crippen LogP contribution in [0.3, 0.4) is 0 Å². The zero-order valence-corrected chi connectivity index (χ0v) is 15.9. The summed E-state index contributed by atoms with van der Waals surface area (Å²) in [5, 5.41) is 4.26. The lowest BCUT2D eigenvalue weighted by Crippen LogP contribution is -2.27. The van der Waals surface area contributed by atoms with Crippen molar-refractivity contribution in [2.24, 2.45) is 11.1 Å². The first kappa shape index (κ1) is 18.9. The van der Waals surface area contributed by atoms with Gasteiger partial charge in [0.05, 0.1) is 36.3 Å². The summed E-state index contributed by atoms with van der Waals surface area (Å²) in [5.41, 5.74) is 1.25. The highest BCUT2D eigenvalue weighted by Gasteiger charge is 2.42. The highest BCUT2D eigenvalue weighted by atomic mass is 31.2. The topological polar surface area (TPSA) is 21.6 Å². The van der Waals surface area contributed by atoms with Gasteiger partial charge in [-0.1, -0.05) is 45.2 Å². The molecular weight excluding hydrogens is 277 g/mol. The van der Waals surface area contributed by atoms with Crippen LogP contribution in [0.1, 0.15) is 73.1 Å². The molecule has 2 nitrogen and oxygen atoms in total. The van der Waals surface area contributed by atoms with Crippen LogP contribution in [0.15, 0.2) is 5.16 Å². The molecule has 0 fully saturated rings. The average molecular weight is 314 g/mol. The summed E-state index contributed by atoms with van der Waals surface area (Å²) in [7, 11) is -0.830. The van der Waals surface area contributed by atoms with Gasteiger partial charge in [-0.15, -0.1) is 0 Å². The molecule has 1 aliphatic heterocycles. The number of unbranched alkanes of at least 4 members (excludes halogenated alkanes) is 3. The summed E-state index contributed by atoms with van der Waals surface area (Å²) >= 11 is 0. The molecule has 0 N–H and O–H groups in total. The molecule has 0 spiro atoms. The summed E-state index contributed by atoms with van der Waals surface area (Å²) < 4.78 is 0. The molecule has 1 heterocycles. The first-order valence-corrected chi connectivity index (χ1v) is 11.7. The third kappa shape index (κ3) is 5.89. The summed E-state index contributed by atoms with van der Waals surface area (Å²) in [4.78, 5) is 5.54. The second-order valence-corrected chi connectivity index (χ2v) is 11.3. The van der Waals surface area contributed by atoms with Crippen molar-refractivity contribution in [2.45, 2.75) is 79.2 Å². The van der Waals surface area contributed by atoms with Crippen LogP contribution in [0.5, 0.6) is 0 Å². The zero-order valence-electron chi connectivity index (χ0n) is 15.0. The quantitative estimate of drug-likeness (QED) is 0.441. The summed E-state index contributed by atoms with van der Waals surface area (Å²) in [6, 6.07) is 0. The number of oxime groups is 1.